The molecule has 0 bridgehead atoms. The third-order valence-electron chi connectivity index (χ3n) is 31.2. The minimum absolute atomic E-state index is 0.635. The average Bonchev–Trinajstić information content (AvgIpc) is 1.65. The van der Waals surface area contributed by atoms with Crippen molar-refractivity contribution in [2.75, 3.05) is 0 Å². The maximum absolute atomic E-state index is 5.50. The van der Waals surface area contributed by atoms with Crippen LogP contribution in [0.2, 0.25) is 0 Å². The van der Waals surface area contributed by atoms with Crippen molar-refractivity contribution in [3.05, 3.63) is 504 Å². The van der Waals surface area contributed by atoms with Crippen LogP contribution in [0.5, 0.6) is 0 Å². The maximum atomic E-state index is 5.50. The minimum Gasteiger partial charge on any atom is -0.291 e. The molecule has 33 rings (SSSR count). The lowest BCUT2D eigenvalue weighted by molar-refractivity contribution is 1.07. The predicted octanol–water partition coefficient (Wildman–Crippen LogP) is 36.9. The van der Waals surface area contributed by atoms with Crippen molar-refractivity contribution in [1.82, 2.24) is 43.1 Å². The summed E-state index contributed by atoms with van der Waals surface area (Å²) in [6.07, 6.45) is 0. The van der Waals surface area contributed by atoms with Gasteiger partial charge in [0.25, 0.3) is 0 Å². The summed E-state index contributed by atoms with van der Waals surface area (Å²) in [6, 6.07) is 181. The van der Waals surface area contributed by atoms with Crippen molar-refractivity contribution in [3.8, 4) is 78.7 Å². The van der Waals surface area contributed by atoms with Gasteiger partial charge in [0.2, 0.25) is 0 Å². The fourth-order valence-corrected chi connectivity index (χ4v) is 24.4. The largest absolute Gasteiger partial charge is 0.291 e. The van der Waals surface area contributed by atoms with E-state index in [9.17, 15) is 0 Å². The summed E-state index contributed by atoms with van der Waals surface area (Å²) < 4.78 is 7.15. The van der Waals surface area contributed by atoms with Gasteiger partial charge in [-0.2, -0.15) is 0 Å². The van der Waals surface area contributed by atoms with Crippen LogP contribution in [0.15, 0.2) is 504 Å². The second-order valence-corrected chi connectivity index (χ2v) is 39.3. The second kappa shape index (κ2) is 33.3. The van der Waals surface area contributed by atoms with Crippen molar-refractivity contribution in [1.29, 1.82) is 0 Å². The number of hydrogen-bond acceptors (Lipinski definition) is 6. The summed E-state index contributed by atoms with van der Waals surface area (Å²) >= 11 is 0. The SMILES string of the molecule is c1ccc(-c2nc(-c3ccccc3)nc(-c3ccc4c(c3)c3ccccc3c3nc5c6ccccc6c6ccccc6c5n43)n2)cc1.c1ccc2cc(-c3c4ccccc4c(-c4ccc5c(c4)c4ccccc4n4c5nc5c6ccccc6c6ccccc6c54)c4ccccc34)ccc2c1.c1ccc2cc(-c3ccc4cc(-c5ccc6c(c5)c5ccccc5n5c6nc6c7ccccc7c7ccccc7c65)ccc4c3)ccc2c1. The fourth-order valence-electron chi connectivity index (χ4n) is 24.4. The number of para-hydroxylation sites is 2. The molecule has 0 spiro atoms. The number of rotatable bonds is 7. The monoisotopic (exact) mass is 1890 g/mol. The molecule has 0 atom stereocenters. The molecule has 33 aromatic rings. The molecule has 149 heavy (non-hydrogen) atoms. The highest BCUT2D eigenvalue weighted by molar-refractivity contribution is 6.32. The molecule has 0 radical (unpaired) electrons. The Labute approximate surface area is 852 Å². The second-order valence-electron chi connectivity index (χ2n) is 39.3. The maximum Gasteiger partial charge on any atom is 0.164 e. The number of aromatic nitrogens is 9. The smallest absolute Gasteiger partial charge is 0.164 e. The van der Waals surface area contributed by atoms with Gasteiger partial charge in [0, 0.05) is 81.3 Å². The van der Waals surface area contributed by atoms with E-state index in [2.05, 4.69) is 456 Å². The molecule has 0 fully saturated rings. The van der Waals surface area contributed by atoms with Gasteiger partial charge < -0.3 is 0 Å². The normalized spacial score (nSPS) is 12.0. The first kappa shape index (κ1) is 83.6. The number of imidazole rings is 3. The lowest BCUT2D eigenvalue weighted by Crippen LogP contribution is -2.00. The highest BCUT2D eigenvalue weighted by atomic mass is 15.1. The first-order valence-corrected chi connectivity index (χ1v) is 50.9. The van der Waals surface area contributed by atoms with Crippen LogP contribution in [0.3, 0.4) is 0 Å². The van der Waals surface area contributed by atoms with Gasteiger partial charge in [-0.1, -0.05) is 425 Å². The van der Waals surface area contributed by atoms with Crippen molar-refractivity contribution in [2.24, 2.45) is 0 Å². The van der Waals surface area contributed by atoms with Crippen LogP contribution in [-0.4, -0.2) is 43.1 Å². The zero-order valence-electron chi connectivity index (χ0n) is 80.4. The number of fused-ring (bicyclic) bond motifs is 44. The molecule has 0 aliphatic rings. The Morgan fingerprint density at radius 3 is 0.758 bits per heavy atom. The molecule has 7 heterocycles. The van der Waals surface area contributed by atoms with Gasteiger partial charge in [-0.3, -0.25) is 13.2 Å². The van der Waals surface area contributed by atoms with Crippen LogP contribution >= 0.6 is 0 Å². The van der Waals surface area contributed by atoms with E-state index >= 15 is 0 Å². The van der Waals surface area contributed by atoms with Gasteiger partial charge in [-0.15, -0.1) is 0 Å². The van der Waals surface area contributed by atoms with Crippen LogP contribution in [0.4, 0.5) is 0 Å². The zero-order valence-corrected chi connectivity index (χ0v) is 80.4. The molecule has 0 amide bonds. The molecule has 0 saturated heterocycles. The summed E-state index contributed by atoms with van der Waals surface area (Å²) in [7, 11) is 0. The molecule has 0 aliphatic carbocycles. The van der Waals surface area contributed by atoms with Crippen molar-refractivity contribution >= 4 is 234 Å². The van der Waals surface area contributed by atoms with Gasteiger partial charge in [-0.25, -0.2) is 29.9 Å². The Balaban J connectivity index is 0.000000101. The molecule has 0 aliphatic heterocycles. The molecule has 0 saturated carbocycles. The number of benzene rings is 26. The zero-order chi connectivity index (χ0) is 97.6. The third kappa shape index (κ3) is 13.1. The molecule has 0 unspecified atom stereocenters. The molecule has 9 heteroatoms. The summed E-state index contributed by atoms with van der Waals surface area (Å²) in [4.78, 5) is 31.2. The molecular weight excluding hydrogens is 1810 g/mol. The standard InChI is InChI=1S/C51H30N2.C47H28N2.C42H25N5/c1-2-14-32-29-33(26-25-31(32)13-1)47-38-18-5-7-20-40(38)48(41-21-8-6-19-39(41)47)34-27-28-44-45(30-34)37-17-11-12-24-46(37)53-50-43-23-10-4-16-36(43)35-15-3-9-22-42(35)49(50)52-51(44)53;1-2-10-30-25-31(18-17-29(30)9-1)32-19-20-34-27-35(22-21-33(34)26-32)36-23-24-42-43(28-36)39-13-7-8-16-44(39)49-46-41-15-6-4-12-38(41)37-11-3-5-14-40(37)45(46)48-47(42)49;1-3-13-26(14-4-1)39-44-40(27-15-5-2-6-16-27)46-41(45-39)28-23-24-36-35(25-28)31-19-9-12-22-34(31)42-43-37-32-20-10-7-17-29(32)30-18-8-11-21-33(30)38(37)47(36)42/h1-30H;1-28H;1-25H. The van der Waals surface area contributed by atoms with E-state index in [0.29, 0.717) is 17.5 Å². The molecule has 26 aromatic carbocycles. The molecule has 9 nitrogen and oxygen atoms in total. The first-order valence-electron chi connectivity index (χ1n) is 50.9. The fraction of sp³-hybridized carbons (Fsp3) is 0. The summed E-state index contributed by atoms with van der Waals surface area (Å²) in [6.45, 7) is 0. The van der Waals surface area contributed by atoms with Gasteiger partial charge in [0.1, 0.15) is 16.9 Å². The number of pyridine rings is 3. The van der Waals surface area contributed by atoms with Crippen molar-refractivity contribution < 1.29 is 0 Å². The molecular formula is C140H83N9. The Bertz CT molecular complexity index is 11500. The highest BCUT2D eigenvalue weighted by Gasteiger charge is 2.27. The lowest BCUT2D eigenvalue weighted by atomic mass is 9.85. The number of hydrogen-bond donors (Lipinski definition) is 0. The van der Waals surface area contributed by atoms with Crippen LogP contribution in [-0.2, 0) is 0 Å². The van der Waals surface area contributed by atoms with Gasteiger partial charge in [-0.05, 0) is 226 Å². The van der Waals surface area contributed by atoms with Crippen LogP contribution in [0.1, 0.15) is 0 Å². The van der Waals surface area contributed by atoms with E-state index in [1.165, 1.54) is 190 Å². The molecule has 7 aromatic heterocycles. The van der Waals surface area contributed by atoms with E-state index < -0.39 is 0 Å². The minimum atomic E-state index is 0.635. The Morgan fingerprint density at radius 2 is 0.356 bits per heavy atom. The van der Waals surface area contributed by atoms with E-state index in [1.807, 2.05) is 60.7 Å². The van der Waals surface area contributed by atoms with E-state index in [1.54, 1.807) is 0 Å². The Hall–Kier alpha value is -20.0. The van der Waals surface area contributed by atoms with E-state index in [4.69, 9.17) is 29.9 Å². The van der Waals surface area contributed by atoms with Gasteiger partial charge in [0.15, 0.2) is 17.5 Å². The van der Waals surface area contributed by atoms with Gasteiger partial charge >= 0.3 is 0 Å². The summed E-state index contributed by atoms with van der Waals surface area (Å²) in [5, 5.41) is 37.7. The molecule has 688 valence electrons. The predicted molar refractivity (Wildman–Crippen MR) is 627 cm³/mol. The van der Waals surface area contributed by atoms with Crippen LogP contribution in [0.25, 0.3) is 312 Å². The topological polar surface area (TPSA) is 90.6 Å². The van der Waals surface area contributed by atoms with Crippen LogP contribution < -0.4 is 0 Å². The van der Waals surface area contributed by atoms with E-state index in [-0.39, 0.29) is 0 Å². The first-order chi connectivity index (χ1) is 73.9. The van der Waals surface area contributed by atoms with Crippen molar-refractivity contribution in [2.45, 2.75) is 0 Å². The quantitative estimate of drug-likeness (QED) is 0.117. The van der Waals surface area contributed by atoms with Crippen molar-refractivity contribution in [3.63, 3.8) is 0 Å². The number of nitrogens with zero attached hydrogens (tertiary/aromatic N) is 9. The van der Waals surface area contributed by atoms with Gasteiger partial charge in [0.05, 0.1) is 49.7 Å². The average molecular weight is 1890 g/mol. The summed E-state index contributed by atoms with van der Waals surface area (Å²) in [5.74, 6) is 1.93. The summed E-state index contributed by atoms with van der Waals surface area (Å²) in [5.41, 5.74) is 25.6. The third-order valence-corrected chi connectivity index (χ3v) is 31.2. The lowest BCUT2D eigenvalue weighted by Gasteiger charge is -2.18. The Morgan fingerprint density at radius 1 is 0.121 bits per heavy atom. The highest BCUT2D eigenvalue weighted by Crippen LogP contribution is 2.50. The molecule has 0 N–H and O–H groups in total. The van der Waals surface area contributed by atoms with E-state index in [0.717, 1.165) is 105 Å². The van der Waals surface area contributed by atoms with Crippen LogP contribution in [0, 0.1) is 0 Å². The Kier molecular flexibility index (Phi) is 18.7.